The normalized spacial score (nSPS) is 13.4. The molecule has 3 aromatic rings. The molecule has 3 aromatic carbocycles. The second kappa shape index (κ2) is 3.30. The summed E-state index contributed by atoms with van der Waals surface area (Å²) in [5.74, 6) is 0.107. The summed E-state index contributed by atoms with van der Waals surface area (Å²) in [4.78, 5) is 12.2. The van der Waals surface area contributed by atoms with Gasteiger partial charge >= 0.3 is 0 Å². The molecule has 0 saturated heterocycles. The molecule has 1 aliphatic rings. The van der Waals surface area contributed by atoms with E-state index in [0.29, 0.717) is 0 Å². The highest BCUT2D eigenvalue weighted by atomic mass is 16.1. The molecule has 18 heavy (non-hydrogen) atoms. The SMILES string of the molecule is O=C1C=Cc2cccc3cc4ccccc4c1c23. The van der Waals surface area contributed by atoms with Gasteiger partial charge in [0.2, 0.25) is 0 Å². The van der Waals surface area contributed by atoms with Gasteiger partial charge in [0.1, 0.15) is 0 Å². The predicted molar refractivity (Wildman–Crippen MR) is 74.8 cm³/mol. The summed E-state index contributed by atoms with van der Waals surface area (Å²) in [7, 11) is 0. The second-order valence-corrected chi connectivity index (χ2v) is 4.62. The van der Waals surface area contributed by atoms with Gasteiger partial charge in [0.05, 0.1) is 0 Å². The summed E-state index contributed by atoms with van der Waals surface area (Å²) in [5, 5.41) is 4.40. The van der Waals surface area contributed by atoms with Gasteiger partial charge in [-0.1, -0.05) is 48.5 Å². The average molecular weight is 230 g/mol. The van der Waals surface area contributed by atoms with Crippen LogP contribution in [0.25, 0.3) is 27.6 Å². The van der Waals surface area contributed by atoms with Gasteiger partial charge in [-0.2, -0.15) is 0 Å². The van der Waals surface area contributed by atoms with E-state index in [1.54, 1.807) is 6.08 Å². The lowest BCUT2D eigenvalue weighted by Crippen LogP contribution is -2.02. The van der Waals surface area contributed by atoms with Crippen LogP contribution in [0.1, 0.15) is 15.9 Å². The van der Waals surface area contributed by atoms with E-state index in [-0.39, 0.29) is 5.78 Å². The third kappa shape index (κ3) is 1.13. The highest BCUT2D eigenvalue weighted by Crippen LogP contribution is 2.34. The smallest absolute Gasteiger partial charge is 0.187 e. The Labute approximate surface area is 104 Å². The molecular weight excluding hydrogens is 220 g/mol. The van der Waals surface area contributed by atoms with E-state index in [4.69, 9.17) is 0 Å². The first-order chi connectivity index (χ1) is 8.84. The monoisotopic (exact) mass is 230 g/mol. The van der Waals surface area contributed by atoms with E-state index < -0.39 is 0 Å². The van der Waals surface area contributed by atoms with Crippen LogP contribution in [0.5, 0.6) is 0 Å². The molecule has 0 amide bonds. The Morgan fingerprint density at radius 3 is 2.56 bits per heavy atom. The van der Waals surface area contributed by atoms with Crippen molar-refractivity contribution in [3.05, 3.63) is 65.7 Å². The van der Waals surface area contributed by atoms with Crippen LogP contribution in [0.4, 0.5) is 0 Å². The summed E-state index contributed by atoms with van der Waals surface area (Å²) in [6, 6.07) is 16.4. The van der Waals surface area contributed by atoms with Crippen molar-refractivity contribution in [1.29, 1.82) is 0 Å². The van der Waals surface area contributed by atoms with Crippen molar-refractivity contribution >= 4 is 33.4 Å². The largest absolute Gasteiger partial charge is 0.289 e. The Morgan fingerprint density at radius 1 is 0.778 bits per heavy atom. The number of carbonyl (C=O) groups excluding carboxylic acids is 1. The van der Waals surface area contributed by atoms with Crippen molar-refractivity contribution < 1.29 is 4.79 Å². The van der Waals surface area contributed by atoms with Gasteiger partial charge in [-0.25, -0.2) is 0 Å². The standard InChI is InChI=1S/C17H10O/c18-15-9-8-11-5-3-6-13-10-12-4-1-2-7-14(12)17(15)16(11)13/h1-10H. The lowest BCUT2D eigenvalue weighted by atomic mass is 9.88. The first-order valence-electron chi connectivity index (χ1n) is 6.01. The maximum absolute atomic E-state index is 12.2. The maximum Gasteiger partial charge on any atom is 0.187 e. The third-order valence-corrected chi connectivity index (χ3v) is 3.58. The lowest BCUT2D eigenvalue weighted by molar-refractivity contribution is 0.105. The van der Waals surface area contributed by atoms with Crippen LogP contribution >= 0.6 is 0 Å². The van der Waals surface area contributed by atoms with Gasteiger partial charge in [0.25, 0.3) is 0 Å². The molecule has 1 heteroatoms. The summed E-state index contributed by atoms with van der Waals surface area (Å²) in [5.41, 5.74) is 1.98. The molecule has 0 aliphatic heterocycles. The van der Waals surface area contributed by atoms with Crippen molar-refractivity contribution in [3.63, 3.8) is 0 Å². The molecule has 84 valence electrons. The molecule has 1 nitrogen and oxygen atoms in total. The van der Waals surface area contributed by atoms with Crippen LogP contribution in [-0.2, 0) is 0 Å². The fourth-order valence-corrected chi connectivity index (χ4v) is 2.79. The molecule has 0 saturated carbocycles. The Balaban J connectivity index is 2.37. The maximum atomic E-state index is 12.2. The van der Waals surface area contributed by atoms with E-state index in [0.717, 1.165) is 32.7 Å². The first-order valence-corrected chi connectivity index (χ1v) is 6.01. The van der Waals surface area contributed by atoms with Crippen LogP contribution in [0.15, 0.2) is 54.6 Å². The lowest BCUT2D eigenvalue weighted by Gasteiger charge is -2.14. The zero-order valence-corrected chi connectivity index (χ0v) is 9.68. The minimum absolute atomic E-state index is 0.107. The molecule has 0 radical (unpaired) electrons. The molecule has 0 spiro atoms. The Kier molecular flexibility index (Phi) is 1.76. The zero-order chi connectivity index (χ0) is 12.1. The molecule has 0 aromatic heterocycles. The number of hydrogen-bond acceptors (Lipinski definition) is 1. The van der Waals surface area contributed by atoms with Gasteiger partial charge < -0.3 is 0 Å². The Bertz CT molecular complexity index is 841. The predicted octanol–water partition coefficient (Wildman–Crippen LogP) is 4.20. The van der Waals surface area contributed by atoms with Crippen molar-refractivity contribution in [2.24, 2.45) is 0 Å². The Hall–Kier alpha value is -2.41. The number of rotatable bonds is 0. The van der Waals surface area contributed by atoms with Crippen molar-refractivity contribution in [2.75, 3.05) is 0 Å². The van der Waals surface area contributed by atoms with Gasteiger partial charge in [-0.3, -0.25) is 4.79 Å². The quantitative estimate of drug-likeness (QED) is 0.529. The van der Waals surface area contributed by atoms with Crippen LogP contribution in [0.3, 0.4) is 0 Å². The summed E-state index contributed by atoms with van der Waals surface area (Å²) in [6.45, 7) is 0. The zero-order valence-electron chi connectivity index (χ0n) is 9.68. The molecule has 0 N–H and O–H groups in total. The number of allylic oxidation sites excluding steroid dienone is 1. The molecule has 0 bridgehead atoms. The van der Waals surface area contributed by atoms with Crippen LogP contribution in [0, 0.1) is 0 Å². The highest BCUT2D eigenvalue weighted by molar-refractivity contribution is 6.26. The molecule has 0 atom stereocenters. The topological polar surface area (TPSA) is 17.1 Å². The van der Waals surface area contributed by atoms with Gasteiger partial charge in [0.15, 0.2) is 5.78 Å². The highest BCUT2D eigenvalue weighted by Gasteiger charge is 2.17. The van der Waals surface area contributed by atoms with Crippen LogP contribution in [-0.4, -0.2) is 5.78 Å². The molecule has 1 aliphatic carbocycles. The van der Waals surface area contributed by atoms with Crippen molar-refractivity contribution in [3.8, 4) is 0 Å². The molecule has 0 fully saturated rings. The van der Waals surface area contributed by atoms with E-state index in [1.807, 2.05) is 30.3 Å². The van der Waals surface area contributed by atoms with Gasteiger partial charge in [-0.05, 0) is 33.9 Å². The molecule has 0 heterocycles. The second-order valence-electron chi connectivity index (χ2n) is 4.62. The van der Waals surface area contributed by atoms with Gasteiger partial charge in [-0.15, -0.1) is 0 Å². The van der Waals surface area contributed by atoms with Crippen molar-refractivity contribution in [1.82, 2.24) is 0 Å². The summed E-state index contributed by atoms with van der Waals surface area (Å²) in [6.07, 6.45) is 3.58. The third-order valence-electron chi connectivity index (χ3n) is 3.58. The van der Waals surface area contributed by atoms with E-state index >= 15 is 0 Å². The van der Waals surface area contributed by atoms with E-state index in [9.17, 15) is 4.79 Å². The molecule has 0 unspecified atom stereocenters. The number of carbonyl (C=O) groups is 1. The minimum Gasteiger partial charge on any atom is -0.289 e. The van der Waals surface area contributed by atoms with Gasteiger partial charge in [0, 0.05) is 10.9 Å². The fourth-order valence-electron chi connectivity index (χ4n) is 2.79. The number of fused-ring (bicyclic) bond motifs is 2. The molecule has 4 rings (SSSR count). The number of ketones is 1. The Morgan fingerprint density at radius 2 is 1.61 bits per heavy atom. The van der Waals surface area contributed by atoms with Crippen molar-refractivity contribution in [2.45, 2.75) is 0 Å². The average Bonchev–Trinajstić information content (AvgIpc) is 2.41. The first kappa shape index (κ1) is 9.60. The van der Waals surface area contributed by atoms with E-state index in [2.05, 4.69) is 24.3 Å². The summed E-state index contributed by atoms with van der Waals surface area (Å²) < 4.78 is 0. The summed E-state index contributed by atoms with van der Waals surface area (Å²) >= 11 is 0. The minimum atomic E-state index is 0.107. The number of hydrogen-bond donors (Lipinski definition) is 0. The fraction of sp³-hybridized carbons (Fsp3) is 0. The molecular formula is C17H10O. The van der Waals surface area contributed by atoms with Crippen LogP contribution in [0.2, 0.25) is 0 Å². The van der Waals surface area contributed by atoms with E-state index in [1.165, 1.54) is 0 Å². The number of benzene rings is 3. The van der Waals surface area contributed by atoms with Crippen LogP contribution < -0.4 is 0 Å².